The van der Waals surface area contributed by atoms with Crippen molar-refractivity contribution in [2.75, 3.05) is 14.2 Å². The lowest BCUT2D eigenvalue weighted by atomic mass is 10.0. The van der Waals surface area contributed by atoms with Crippen molar-refractivity contribution in [2.45, 2.75) is 12.5 Å². The summed E-state index contributed by atoms with van der Waals surface area (Å²) in [6.07, 6.45) is 5.03. The van der Waals surface area contributed by atoms with Gasteiger partial charge >= 0.3 is 5.97 Å². The fourth-order valence-electron chi connectivity index (χ4n) is 4.49. The fourth-order valence-corrected chi connectivity index (χ4v) is 4.49. The molecule has 198 valence electrons. The van der Waals surface area contributed by atoms with Gasteiger partial charge in [0, 0.05) is 40.5 Å². The molecule has 2 aromatic heterocycles. The number of aromatic amines is 1. The average molecular weight is 527 g/mol. The van der Waals surface area contributed by atoms with Crippen molar-refractivity contribution in [3.8, 4) is 28.6 Å². The summed E-state index contributed by atoms with van der Waals surface area (Å²) in [7, 11) is 2.80. The Kier molecular flexibility index (Phi) is 6.96. The van der Waals surface area contributed by atoms with Gasteiger partial charge in [-0.2, -0.15) is 0 Å². The van der Waals surface area contributed by atoms with Crippen LogP contribution in [0.2, 0.25) is 0 Å². The van der Waals surface area contributed by atoms with Gasteiger partial charge in [0.15, 0.2) is 22.8 Å². The third-order valence-electron chi connectivity index (χ3n) is 6.48. The van der Waals surface area contributed by atoms with Crippen molar-refractivity contribution in [2.24, 2.45) is 0 Å². The van der Waals surface area contributed by atoms with Crippen LogP contribution in [0.15, 0.2) is 77.4 Å². The fraction of sp³-hybridized carbons (Fsp3) is 0.133. The van der Waals surface area contributed by atoms with Gasteiger partial charge < -0.3 is 34.4 Å². The van der Waals surface area contributed by atoms with Gasteiger partial charge in [-0.05, 0) is 53.6 Å². The summed E-state index contributed by atoms with van der Waals surface area (Å²) in [5, 5.41) is 23.9. The number of benzene rings is 3. The van der Waals surface area contributed by atoms with Gasteiger partial charge in [0.2, 0.25) is 5.91 Å². The molecule has 1 amide bonds. The van der Waals surface area contributed by atoms with Crippen LogP contribution in [-0.4, -0.2) is 47.3 Å². The van der Waals surface area contributed by atoms with Gasteiger partial charge in [0.05, 0.1) is 14.2 Å². The molecule has 5 rings (SSSR count). The van der Waals surface area contributed by atoms with Crippen molar-refractivity contribution in [1.29, 1.82) is 0 Å². The molecule has 5 aromatic rings. The molecule has 0 aliphatic rings. The number of amides is 1. The van der Waals surface area contributed by atoms with Gasteiger partial charge in [-0.15, -0.1) is 0 Å². The van der Waals surface area contributed by atoms with Crippen LogP contribution in [0.1, 0.15) is 11.1 Å². The number of carbonyl (C=O) groups excluding carboxylic acids is 2. The van der Waals surface area contributed by atoms with Crippen LogP contribution >= 0.6 is 0 Å². The molecule has 0 bridgehead atoms. The van der Waals surface area contributed by atoms with Crippen molar-refractivity contribution in [1.82, 2.24) is 10.3 Å². The summed E-state index contributed by atoms with van der Waals surface area (Å²) in [5.74, 6) is -0.605. The highest BCUT2D eigenvalue weighted by Crippen LogP contribution is 2.38. The van der Waals surface area contributed by atoms with E-state index < -0.39 is 17.9 Å². The lowest BCUT2D eigenvalue weighted by Crippen LogP contribution is -2.42. The quantitative estimate of drug-likeness (QED) is 0.128. The number of hydrogen-bond donors (Lipinski definition) is 4. The summed E-state index contributed by atoms with van der Waals surface area (Å²) >= 11 is 0. The molecule has 0 saturated carbocycles. The zero-order valence-corrected chi connectivity index (χ0v) is 21.2. The molecule has 9 heteroatoms. The Bertz CT molecular complexity index is 1710. The standard InChI is InChI=1S/C30H26N2O7/c1-37-26-11-8-17(21-15-27(39-29(21)26)18-7-10-24(33)25(34)14-18)9-12-28(35)32-23(30(36)38-2)13-19-16-31-22-6-4-3-5-20(19)22/h3-12,14-16,23,31,33-34H,13H2,1-2H3,(H,32,35)/b12-9+/t23-/m1/s1. The van der Waals surface area contributed by atoms with Crippen LogP contribution in [0.5, 0.6) is 17.2 Å². The van der Waals surface area contributed by atoms with E-state index in [0.29, 0.717) is 33.6 Å². The molecule has 0 fully saturated rings. The van der Waals surface area contributed by atoms with Crippen molar-refractivity contribution in [3.63, 3.8) is 0 Å². The Morgan fingerprint density at radius 1 is 1.03 bits per heavy atom. The van der Waals surface area contributed by atoms with Crippen molar-refractivity contribution >= 4 is 39.8 Å². The molecule has 39 heavy (non-hydrogen) atoms. The molecule has 1 atom stereocenters. The minimum absolute atomic E-state index is 0.239. The number of H-pyrrole nitrogens is 1. The van der Waals surface area contributed by atoms with Gasteiger partial charge in [-0.1, -0.05) is 24.3 Å². The Labute approximate surface area is 223 Å². The summed E-state index contributed by atoms with van der Waals surface area (Å²) in [5.41, 5.74) is 3.50. The van der Waals surface area contributed by atoms with E-state index in [1.54, 1.807) is 30.3 Å². The maximum Gasteiger partial charge on any atom is 0.328 e. The molecule has 0 aliphatic carbocycles. The van der Waals surface area contributed by atoms with E-state index in [-0.39, 0.29) is 17.9 Å². The highest BCUT2D eigenvalue weighted by Gasteiger charge is 2.23. The highest BCUT2D eigenvalue weighted by atomic mass is 16.5. The van der Waals surface area contributed by atoms with E-state index in [1.807, 2.05) is 30.5 Å². The predicted molar refractivity (Wildman–Crippen MR) is 147 cm³/mol. The Balaban J connectivity index is 1.40. The summed E-state index contributed by atoms with van der Waals surface area (Å²) < 4.78 is 16.4. The number of carbonyl (C=O) groups is 2. The monoisotopic (exact) mass is 526 g/mol. The van der Waals surface area contributed by atoms with Crippen LogP contribution in [0.3, 0.4) is 0 Å². The molecular weight excluding hydrogens is 500 g/mol. The third kappa shape index (κ3) is 5.15. The largest absolute Gasteiger partial charge is 0.504 e. The summed E-state index contributed by atoms with van der Waals surface area (Å²) in [6.45, 7) is 0. The van der Waals surface area contributed by atoms with E-state index in [0.717, 1.165) is 16.5 Å². The van der Waals surface area contributed by atoms with Crippen molar-refractivity contribution in [3.05, 3.63) is 84.1 Å². The predicted octanol–water partition coefficient (Wildman–Crippen LogP) is 4.91. The highest BCUT2D eigenvalue weighted by molar-refractivity contribution is 5.99. The number of para-hydroxylation sites is 1. The second-order valence-corrected chi connectivity index (χ2v) is 8.90. The summed E-state index contributed by atoms with van der Waals surface area (Å²) in [6, 6.07) is 16.5. The molecule has 0 unspecified atom stereocenters. The molecule has 2 heterocycles. The Morgan fingerprint density at radius 3 is 2.62 bits per heavy atom. The molecular formula is C30H26N2O7. The molecule has 9 nitrogen and oxygen atoms in total. The number of esters is 1. The number of ether oxygens (including phenoxy) is 2. The number of aromatic hydroxyl groups is 2. The normalized spacial score (nSPS) is 12.2. The number of fused-ring (bicyclic) bond motifs is 2. The minimum atomic E-state index is -0.884. The van der Waals surface area contributed by atoms with E-state index in [9.17, 15) is 19.8 Å². The number of methoxy groups -OCH3 is 2. The maximum atomic E-state index is 12.9. The van der Waals surface area contributed by atoms with Crippen LogP contribution < -0.4 is 10.1 Å². The summed E-state index contributed by atoms with van der Waals surface area (Å²) in [4.78, 5) is 28.5. The van der Waals surface area contributed by atoms with E-state index >= 15 is 0 Å². The molecule has 3 aromatic carbocycles. The number of hydrogen-bond acceptors (Lipinski definition) is 7. The molecule has 0 spiro atoms. The first kappa shape index (κ1) is 25.5. The number of rotatable bonds is 8. The topological polar surface area (TPSA) is 134 Å². The number of nitrogens with one attached hydrogen (secondary N) is 2. The van der Waals surface area contributed by atoms with E-state index in [1.165, 1.54) is 32.4 Å². The van der Waals surface area contributed by atoms with Crippen LogP contribution in [0.25, 0.3) is 39.3 Å². The third-order valence-corrected chi connectivity index (χ3v) is 6.48. The lowest BCUT2D eigenvalue weighted by Gasteiger charge is -2.15. The van der Waals surface area contributed by atoms with E-state index in [4.69, 9.17) is 13.9 Å². The molecule has 0 radical (unpaired) electrons. The number of phenolic OH excluding ortho intramolecular Hbond substituents is 2. The smallest absolute Gasteiger partial charge is 0.328 e. The number of phenols is 2. The first-order valence-electron chi connectivity index (χ1n) is 12.1. The Morgan fingerprint density at radius 2 is 1.85 bits per heavy atom. The van der Waals surface area contributed by atoms with Gasteiger partial charge in [-0.3, -0.25) is 4.79 Å². The number of aromatic nitrogens is 1. The number of furan rings is 1. The van der Waals surface area contributed by atoms with Gasteiger partial charge in [0.1, 0.15) is 11.8 Å². The lowest BCUT2D eigenvalue weighted by molar-refractivity contribution is -0.144. The maximum absolute atomic E-state index is 12.9. The average Bonchev–Trinajstić information content (AvgIpc) is 3.57. The van der Waals surface area contributed by atoms with Crippen molar-refractivity contribution < 1.29 is 33.7 Å². The molecule has 0 saturated heterocycles. The first-order chi connectivity index (χ1) is 18.9. The zero-order chi connectivity index (χ0) is 27.5. The van der Waals surface area contributed by atoms with Crippen LogP contribution in [0.4, 0.5) is 0 Å². The molecule has 4 N–H and O–H groups in total. The minimum Gasteiger partial charge on any atom is -0.504 e. The SMILES string of the molecule is COC(=O)[C@@H](Cc1c[nH]c2ccccc12)NC(=O)/C=C/c1ccc(OC)c2oc(-c3ccc(O)c(O)c3)cc12. The van der Waals surface area contributed by atoms with Crippen LogP contribution in [0, 0.1) is 0 Å². The van der Waals surface area contributed by atoms with Gasteiger partial charge in [0.25, 0.3) is 0 Å². The van der Waals surface area contributed by atoms with E-state index in [2.05, 4.69) is 10.3 Å². The second kappa shape index (κ2) is 10.7. The first-order valence-corrected chi connectivity index (χ1v) is 12.1. The van der Waals surface area contributed by atoms with Gasteiger partial charge in [-0.25, -0.2) is 4.79 Å². The van der Waals surface area contributed by atoms with Crippen LogP contribution in [-0.2, 0) is 20.7 Å². The Hall–Kier alpha value is -5.18. The second-order valence-electron chi connectivity index (χ2n) is 8.90. The molecule has 0 aliphatic heterocycles. The zero-order valence-electron chi connectivity index (χ0n) is 21.2.